The van der Waals surface area contributed by atoms with Crippen molar-refractivity contribution in [1.82, 2.24) is 25.1 Å². The fourth-order valence-electron chi connectivity index (χ4n) is 6.56. The Morgan fingerprint density at radius 2 is 1.91 bits per heavy atom. The van der Waals surface area contributed by atoms with E-state index in [1.165, 1.54) is 30.5 Å². The fourth-order valence-corrected chi connectivity index (χ4v) is 7.76. The van der Waals surface area contributed by atoms with Gasteiger partial charge in [0.25, 0.3) is 5.91 Å². The van der Waals surface area contributed by atoms with Crippen molar-refractivity contribution in [2.75, 3.05) is 25.6 Å². The molecule has 0 saturated carbocycles. The number of thiophene rings is 1. The zero-order valence-electron chi connectivity index (χ0n) is 27.6. The van der Waals surface area contributed by atoms with Crippen molar-refractivity contribution in [3.8, 4) is 21.9 Å². The summed E-state index contributed by atoms with van der Waals surface area (Å²) in [6, 6.07) is 8.25. The average molecular weight is 654 g/mol. The maximum atomic E-state index is 13.1. The lowest BCUT2D eigenvalue weighted by Crippen LogP contribution is -2.20. The van der Waals surface area contributed by atoms with Crippen molar-refractivity contribution >= 4 is 33.1 Å². The van der Waals surface area contributed by atoms with Crippen molar-refractivity contribution in [3.63, 3.8) is 0 Å². The summed E-state index contributed by atoms with van der Waals surface area (Å²) >= 11 is 1.56. The summed E-state index contributed by atoms with van der Waals surface area (Å²) in [4.78, 5) is 27.8. The van der Waals surface area contributed by atoms with Gasteiger partial charge in [-0.1, -0.05) is 19.9 Å². The Kier molecular flexibility index (Phi) is 10.2. The Labute approximate surface area is 279 Å². The number of ether oxygens (including phenoxy) is 1. The fraction of sp³-hybridized carbons (Fsp3) is 0.444. The molecule has 0 bridgehead atoms. The first-order valence-corrected chi connectivity index (χ1v) is 17.4. The smallest absolute Gasteiger partial charge is 0.251 e. The second kappa shape index (κ2) is 14.7. The molecule has 5 aromatic heterocycles. The maximum Gasteiger partial charge on any atom is 0.251 e. The molecule has 246 valence electrons. The van der Waals surface area contributed by atoms with Crippen LogP contribution in [0.1, 0.15) is 78.4 Å². The molecule has 2 aliphatic rings. The predicted molar refractivity (Wildman–Crippen MR) is 186 cm³/mol. The molecule has 10 nitrogen and oxygen atoms in total. The molecule has 3 N–H and O–H groups in total. The largest absolute Gasteiger partial charge is 0.421 e. The molecule has 1 saturated heterocycles. The van der Waals surface area contributed by atoms with E-state index in [1.807, 2.05) is 25.4 Å². The lowest BCUT2D eigenvalue weighted by Gasteiger charge is -2.23. The minimum atomic E-state index is -0.513. The van der Waals surface area contributed by atoms with Crippen LogP contribution in [0.3, 0.4) is 0 Å². The van der Waals surface area contributed by atoms with Gasteiger partial charge in [-0.05, 0) is 92.4 Å². The minimum absolute atomic E-state index is 0.288. The Hall–Kier alpha value is -4.22. The molecule has 5 aromatic rings. The molecule has 1 aliphatic carbocycles. The van der Waals surface area contributed by atoms with E-state index in [0.29, 0.717) is 40.9 Å². The quantitative estimate of drug-likeness (QED) is 0.172. The summed E-state index contributed by atoms with van der Waals surface area (Å²) < 4.78 is 12.6. The molecule has 0 spiro atoms. The van der Waals surface area contributed by atoms with Gasteiger partial charge in [-0.15, -0.1) is 21.5 Å². The summed E-state index contributed by atoms with van der Waals surface area (Å²) in [5.74, 6) is 1.92. The van der Waals surface area contributed by atoms with E-state index in [0.717, 1.165) is 70.9 Å². The van der Waals surface area contributed by atoms with Gasteiger partial charge in [0, 0.05) is 55.7 Å². The van der Waals surface area contributed by atoms with Gasteiger partial charge in [0.05, 0.1) is 27.2 Å². The van der Waals surface area contributed by atoms with Crippen molar-refractivity contribution in [2.45, 2.75) is 72.1 Å². The second-order valence-electron chi connectivity index (χ2n) is 12.7. The molecule has 0 unspecified atom stereocenters. The number of primary amides is 1. The summed E-state index contributed by atoms with van der Waals surface area (Å²) in [6.07, 6.45) is 11.8. The van der Waals surface area contributed by atoms with Crippen LogP contribution in [-0.4, -0.2) is 51.3 Å². The standard InChI is InChI=1S/C28H34N6O3S.C8H9N/c1-15(2)13-20-22(26(29)35)24(21-14-18-7-10-31-27(30-4)25(18)38-21)23(28-34-33-16(3)37-28)19(32-20)6-5-17-8-11-36-12-9-17;1-3-7-4-2-6-9-8(7)5-1/h7,10,14-15,17H,5-6,8-9,11-13H2,1-4H3,(H2,29,35)(H,30,31);2,4,6H,1,3,5H2. The van der Waals surface area contributed by atoms with Crippen molar-refractivity contribution in [3.05, 3.63) is 70.8 Å². The van der Waals surface area contributed by atoms with E-state index in [2.05, 4.69) is 51.5 Å². The zero-order chi connectivity index (χ0) is 32.9. The lowest BCUT2D eigenvalue weighted by molar-refractivity contribution is 0.0639. The molecule has 11 heteroatoms. The number of amides is 1. The first-order valence-electron chi connectivity index (χ1n) is 16.6. The van der Waals surface area contributed by atoms with Gasteiger partial charge in [-0.2, -0.15) is 0 Å². The number of carbonyl (C=O) groups excluding carboxylic acids is 1. The van der Waals surface area contributed by atoms with E-state index >= 15 is 0 Å². The summed E-state index contributed by atoms with van der Waals surface area (Å²) in [6.45, 7) is 7.59. The van der Waals surface area contributed by atoms with Crippen LogP contribution in [-0.2, 0) is 30.4 Å². The van der Waals surface area contributed by atoms with Crippen LogP contribution in [0, 0.1) is 18.8 Å². The van der Waals surface area contributed by atoms with Crippen LogP contribution in [0.25, 0.3) is 32.0 Å². The Bertz CT molecular complexity index is 1840. The highest BCUT2D eigenvalue weighted by atomic mass is 32.1. The van der Waals surface area contributed by atoms with E-state index < -0.39 is 5.91 Å². The van der Waals surface area contributed by atoms with Gasteiger partial charge in [0.2, 0.25) is 11.8 Å². The molecular formula is C36H43N7O3S. The summed E-state index contributed by atoms with van der Waals surface area (Å²) in [5.41, 5.74) is 12.3. The number of rotatable bonds is 9. The van der Waals surface area contributed by atoms with Crippen LogP contribution >= 0.6 is 11.3 Å². The second-order valence-corrected chi connectivity index (χ2v) is 13.8. The number of aryl methyl sites for hydroxylation is 4. The van der Waals surface area contributed by atoms with Crippen LogP contribution < -0.4 is 11.1 Å². The van der Waals surface area contributed by atoms with Crippen molar-refractivity contribution in [2.24, 2.45) is 17.6 Å². The molecule has 47 heavy (non-hydrogen) atoms. The summed E-state index contributed by atoms with van der Waals surface area (Å²) in [5, 5.41) is 12.7. The third-order valence-corrected chi connectivity index (χ3v) is 10.0. The van der Waals surface area contributed by atoms with Gasteiger partial charge >= 0.3 is 0 Å². The van der Waals surface area contributed by atoms with Gasteiger partial charge in [-0.25, -0.2) is 4.98 Å². The Morgan fingerprint density at radius 1 is 1.09 bits per heavy atom. The van der Waals surface area contributed by atoms with Gasteiger partial charge in [0.1, 0.15) is 5.82 Å². The number of anilines is 1. The van der Waals surface area contributed by atoms with Gasteiger partial charge < -0.3 is 20.2 Å². The molecule has 0 aromatic carbocycles. The number of hydrogen-bond donors (Lipinski definition) is 2. The number of hydrogen-bond acceptors (Lipinski definition) is 10. The Balaban J connectivity index is 0.000000366. The topological polar surface area (TPSA) is 142 Å². The van der Waals surface area contributed by atoms with Gasteiger partial charge in [0.15, 0.2) is 0 Å². The predicted octanol–water partition coefficient (Wildman–Crippen LogP) is 6.99. The number of carbonyl (C=O) groups is 1. The number of nitrogens with one attached hydrogen (secondary N) is 1. The monoisotopic (exact) mass is 653 g/mol. The van der Waals surface area contributed by atoms with Crippen LogP contribution in [0.15, 0.2) is 41.1 Å². The highest BCUT2D eigenvalue weighted by Gasteiger charge is 2.30. The number of nitrogens with zero attached hydrogens (tertiary/aromatic N) is 5. The third kappa shape index (κ3) is 7.36. The third-order valence-electron chi connectivity index (χ3n) is 8.83. The zero-order valence-corrected chi connectivity index (χ0v) is 28.5. The molecule has 1 amide bonds. The number of nitrogens with two attached hydrogens (primary N) is 1. The number of pyridine rings is 3. The van der Waals surface area contributed by atoms with Crippen molar-refractivity contribution < 1.29 is 13.9 Å². The van der Waals surface area contributed by atoms with E-state index in [4.69, 9.17) is 19.9 Å². The van der Waals surface area contributed by atoms with E-state index in [9.17, 15) is 4.79 Å². The summed E-state index contributed by atoms with van der Waals surface area (Å²) in [7, 11) is 1.85. The minimum Gasteiger partial charge on any atom is -0.421 e. The van der Waals surface area contributed by atoms with Crippen LogP contribution in [0.5, 0.6) is 0 Å². The molecule has 1 fully saturated rings. The first-order chi connectivity index (χ1) is 22.8. The van der Waals surface area contributed by atoms with E-state index in [1.54, 1.807) is 24.5 Å². The highest BCUT2D eigenvalue weighted by molar-refractivity contribution is 7.22. The lowest BCUT2D eigenvalue weighted by atomic mass is 9.89. The number of fused-ring (bicyclic) bond motifs is 2. The van der Waals surface area contributed by atoms with Crippen LogP contribution in [0.2, 0.25) is 0 Å². The molecule has 7 rings (SSSR count). The molecule has 0 atom stereocenters. The molecule has 0 radical (unpaired) electrons. The van der Waals surface area contributed by atoms with Crippen molar-refractivity contribution in [1.29, 1.82) is 0 Å². The molecule has 6 heterocycles. The maximum absolute atomic E-state index is 13.1. The number of aromatic nitrogens is 5. The van der Waals surface area contributed by atoms with Gasteiger partial charge in [-0.3, -0.25) is 14.8 Å². The van der Waals surface area contributed by atoms with Crippen LogP contribution in [0.4, 0.5) is 5.82 Å². The highest BCUT2D eigenvalue weighted by Crippen LogP contribution is 2.45. The molecule has 1 aliphatic heterocycles. The van der Waals surface area contributed by atoms with E-state index in [-0.39, 0.29) is 5.92 Å². The average Bonchev–Trinajstić information content (AvgIpc) is 3.83. The Morgan fingerprint density at radius 3 is 2.62 bits per heavy atom. The SMILES string of the molecule is CNc1nccc2cc(-c3c(C(N)=O)c(CC(C)C)nc(CCC4CCOCC4)c3-c3nnc(C)o3)sc12.c1cnc2c(c1)CCC2. The first kappa shape index (κ1) is 32.7. The normalized spacial score (nSPS) is 14.7. The molecular weight excluding hydrogens is 611 g/mol.